The van der Waals surface area contributed by atoms with Crippen LogP contribution in [-0.2, 0) is 17.6 Å². The first kappa shape index (κ1) is 19.1. The van der Waals surface area contributed by atoms with Crippen molar-refractivity contribution in [2.24, 2.45) is 4.99 Å². The van der Waals surface area contributed by atoms with Crippen LogP contribution in [-0.4, -0.2) is 54.9 Å². The van der Waals surface area contributed by atoms with Gasteiger partial charge in [-0.05, 0) is 40.9 Å². The van der Waals surface area contributed by atoms with Crippen molar-refractivity contribution in [3.8, 4) is 0 Å². The maximum absolute atomic E-state index is 12.3. The molecule has 25 heavy (non-hydrogen) atoms. The molecule has 0 unspecified atom stereocenters. The predicted molar refractivity (Wildman–Crippen MR) is 97.4 cm³/mol. The summed E-state index contributed by atoms with van der Waals surface area (Å²) < 4.78 is 6.06. The van der Waals surface area contributed by atoms with Gasteiger partial charge in [0.15, 0.2) is 5.76 Å². The second-order valence-electron chi connectivity index (χ2n) is 6.90. The average Bonchev–Trinajstić information content (AvgIpc) is 3.14. The van der Waals surface area contributed by atoms with E-state index >= 15 is 0 Å². The van der Waals surface area contributed by atoms with E-state index < -0.39 is 11.9 Å². The Bertz CT molecular complexity index is 754. The molecule has 0 saturated heterocycles. The summed E-state index contributed by atoms with van der Waals surface area (Å²) >= 11 is 1.65. The average molecular weight is 363 g/mol. The molecule has 0 bridgehead atoms. The fraction of sp³-hybridized carbons (Fsp3) is 0.389. The minimum Gasteiger partial charge on any atom is -0.481 e. The molecule has 0 aromatic carbocycles. The molecule has 1 N–H and O–H groups in total. The molecule has 0 aliphatic carbocycles. The number of furan rings is 1. The number of carboxylic acids is 1. The number of aliphatic carboxylic acids is 1. The molecule has 1 amide bonds. The van der Waals surface area contributed by atoms with Gasteiger partial charge in [0.25, 0.3) is 0 Å². The van der Waals surface area contributed by atoms with E-state index in [1.807, 2.05) is 26.5 Å². The molecule has 2 aromatic rings. The lowest BCUT2D eigenvalue weighted by atomic mass is 10.1. The smallest absolute Gasteiger partial charge is 0.312 e. The van der Waals surface area contributed by atoms with Gasteiger partial charge in [0.2, 0.25) is 0 Å². The third-order valence-electron chi connectivity index (χ3n) is 3.38. The molecule has 134 valence electrons. The molecule has 0 aliphatic heterocycles. The summed E-state index contributed by atoms with van der Waals surface area (Å²) in [4.78, 5) is 27.3. The van der Waals surface area contributed by atoms with Crippen molar-refractivity contribution in [1.82, 2.24) is 0 Å². The van der Waals surface area contributed by atoms with E-state index in [0.29, 0.717) is 23.2 Å². The Morgan fingerprint density at radius 1 is 1.20 bits per heavy atom. The molecule has 2 aromatic heterocycles. The van der Waals surface area contributed by atoms with E-state index in [2.05, 4.69) is 16.4 Å². The summed E-state index contributed by atoms with van der Waals surface area (Å²) in [5.41, 5.74) is 1.57. The van der Waals surface area contributed by atoms with Gasteiger partial charge in [-0.1, -0.05) is 0 Å². The molecule has 0 saturated carbocycles. The first-order valence-corrected chi connectivity index (χ1v) is 8.90. The molecule has 0 spiro atoms. The van der Waals surface area contributed by atoms with Crippen molar-refractivity contribution in [3.63, 3.8) is 0 Å². The van der Waals surface area contributed by atoms with E-state index in [9.17, 15) is 9.59 Å². The number of amides is 1. The molecular weight excluding hydrogens is 340 g/mol. The Morgan fingerprint density at radius 2 is 1.96 bits per heavy atom. The van der Waals surface area contributed by atoms with Gasteiger partial charge in [-0.25, -0.2) is 4.99 Å². The minimum absolute atomic E-state index is 0.143. The van der Waals surface area contributed by atoms with Crippen LogP contribution in [0.25, 0.3) is 0 Å². The first-order valence-electron chi connectivity index (χ1n) is 7.96. The van der Waals surface area contributed by atoms with Crippen LogP contribution in [0, 0.1) is 0 Å². The second-order valence-corrected chi connectivity index (χ2v) is 7.68. The van der Waals surface area contributed by atoms with Crippen molar-refractivity contribution in [2.75, 3.05) is 27.7 Å². The van der Waals surface area contributed by atoms with Crippen molar-refractivity contribution >= 4 is 28.9 Å². The van der Waals surface area contributed by atoms with Gasteiger partial charge in [0, 0.05) is 6.42 Å². The zero-order valence-corrected chi connectivity index (χ0v) is 15.5. The van der Waals surface area contributed by atoms with Crippen molar-refractivity contribution in [2.45, 2.75) is 19.3 Å². The van der Waals surface area contributed by atoms with Crippen LogP contribution in [0.4, 0.5) is 0 Å². The third-order valence-corrected chi connectivity index (χ3v) is 4.12. The topological polar surface area (TPSA) is 79.9 Å². The lowest BCUT2D eigenvalue weighted by Crippen LogP contribution is -2.40. The number of quaternary nitrogens is 1. The normalized spacial score (nSPS) is 12.4. The minimum atomic E-state index is -1.00. The van der Waals surface area contributed by atoms with Gasteiger partial charge >= 0.3 is 11.9 Å². The number of hydrogen-bond acceptors (Lipinski definition) is 4. The lowest BCUT2D eigenvalue weighted by Gasteiger charge is -2.24. The van der Waals surface area contributed by atoms with E-state index in [1.54, 1.807) is 23.5 Å². The quantitative estimate of drug-likeness (QED) is 0.578. The van der Waals surface area contributed by atoms with Gasteiger partial charge in [0.1, 0.15) is 12.3 Å². The first-order chi connectivity index (χ1) is 11.7. The maximum atomic E-state index is 12.3. The van der Waals surface area contributed by atoms with Crippen molar-refractivity contribution in [3.05, 3.63) is 46.0 Å². The van der Waals surface area contributed by atoms with Crippen LogP contribution in [0.1, 0.15) is 28.3 Å². The fourth-order valence-electron chi connectivity index (χ4n) is 2.38. The predicted octanol–water partition coefficient (Wildman–Crippen LogP) is 2.89. The van der Waals surface area contributed by atoms with Crippen molar-refractivity contribution < 1.29 is 23.6 Å². The zero-order chi connectivity index (χ0) is 18.4. The number of nitrogens with zero attached hydrogens (tertiary/aromatic N) is 2. The van der Waals surface area contributed by atoms with E-state index in [1.165, 1.54) is 5.56 Å². The van der Waals surface area contributed by atoms with Gasteiger partial charge in [-0.3, -0.25) is 9.59 Å². The van der Waals surface area contributed by atoms with E-state index in [-0.39, 0.29) is 12.2 Å². The fourth-order valence-corrected chi connectivity index (χ4v) is 3.08. The molecule has 2 heterocycles. The van der Waals surface area contributed by atoms with Gasteiger partial charge in [-0.2, -0.15) is 11.3 Å². The summed E-state index contributed by atoms with van der Waals surface area (Å²) in [6.45, 7) is 0.379. The number of aliphatic imine (C=N–C) groups is 1. The van der Waals surface area contributed by atoms with Gasteiger partial charge in [-0.15, -0.1) is 0 Å². The molecule has 6 nitrogen and oxygen atoms in total. The summed E-state index contributed by atoms with van der Waals surface area (Å²) in [6.07, 6.45) is 1.29. The summed E-state index contributed by atoms with van der Waals surface area (Å²) in [5, 5.41) is 13.1. The van der Waals surface area contributed by atoms with Crippen LogP contribution in [0.2, 0.25) is 0 Å². The molecule has 0 aliphatic rings. The Kier molecular flexibility index (Phi) is 6.27. The van der Waals surface area contributed by atoms with Crippen molar-refractivity contribution in [1.29, 1.82) is 0 Å². The number of aryl methyl sites for hydroxylation is 2. The lowest BCUT2D eigenvalue weighted by molar-refractivity contribution is -0.861. The van der Waals surface area contributed by atoms with Crippen LogP contribution in [0.5, 0.6) is 0 Å². The number of carbonyl (C=O) groups excluding carboxylic acids is 1. The number of carboxylic acid groups (broad SMARTS) is 1. The van der Waals surface area contributed by atoms with Gasteiger partial charge < -0.3 is 14.0 Å². The Morgan fingerprint density at radius 3 is 2.56 bits per heavy atom. The monoisotopic (exact) mass is 363 g/mol. The maximum Gasteiger partial charge on any atom is 0.312 e. The summed E-state index contributed by atoms with van der Waals surface area (Å²) in [5.74, 6) is -0.678. The molecular formula is C18H23N2O4S+. The van der Waals surface area contributed by atoms with Crippen LogP contribution >= 0.6 is 11.3 Å². The van der Waals surface area contributed by atoms with E-state index in [4.69, 9.17) is 9.52 Å². The summed E-state index contributed by atoms with van der Waals surface area (Å²) in [6, 6.07) is 5.43. The Hall–Kier alpha value is -2.25. The summed E-state index contributed by atoms with van der Waals surface area (Å²) in [7, 11) is 5.74. The Balaban J connectivity index is 2.05. The van der Waals surface area contributed by atoms with Gasteiger partial charge in [0.05, 0.1) is 33.3 Å². The highest BCUT2D eigenvalue weighted by Crippen LogP contribution is 2.14. The number of hydrogen-bond donors (Lipinski definition) is 1. The highest BCUT2D eigenvalue weighted by Gasteiger charge is 2.19. The molecule has 0 radical (unpaired) electrons. The SMILES string of the molecule is C[N+](C)(C)CC(CC(=O)O)=NC(=O)c1ccc(CCc2ccsc2)o1. The Labute approximate surface area is 151 Å². The van der Waals surface area contributed by atoms with Crippen LogP contribution < -0.4 is 0 Å². The third kappa shape index (κ3) is 6.64. The standard InChI is InChI=1S/C18H22N2O4S/c1-20(2,3)11-14(10-17(21)22)19-18(23)16-7-6-15(24-16)5-4-13-8-9-25-12-13/h6-9,12H,4-5,10-11H2,1-3H3/p+1. The molecule has 7 heteroatoms. The van der Waals surface area contributed by atoms with Crippen LogP contribution in [0.15, 0.2) is 38.4 Å². The molecule has 0 fully saturated rings. The number of rotatable bonds is 8. The zero-order valence-electron chi connectivity index (χ0n) is 14.7. The highest BCUT2D eigenvalue weighted by atomic mass is 32.1. The highest BCUT2D eigenvalue weighted by molar-refractivity contribution is 7.07. The number of carbonyl (C=O) groups is 2. The second kappa shape index (κ2) is 8.22. The van der Waals surface area contributed by atoms with E-state index in [0.717, 1.165) is 12.2 Å². The number of thiophene rings is 1. The van der Waals surface area contributed by atoms with Crippen LogP contribution in [0.3, 0.4) is 0 Å². The molecule has 2 rings (SSSR count). The molecule has 0 atom stereocenters. The largest absolute Gasteiger partial charge is 0.481 e.